The van der Waals surface area contributed by atoms with Crippen molar-refractivity contribution in [3.8, 4) is 0 Å². The molecule has 216 valence electrons. The van der Waals surface area contributed by atoms with E-state index in [1.165, 1.54) is 23.9 Å². The molecule has 4 rings (SSSR count). The molecular formula is C28H36N4O6S2. The third-order valence-corrected chi connectivity index (χ3v) is 9.85. The van der Waals surface area contributed by atoms with Crippen LogP contribution in [0.4, 0.5) is 5.69 Å². The van der Waals surface area contributed by atoms with E-state index < -0.39 is 33.4 Å². The van der Waals surface area contributed by atoms with Crippen LogP contribution in [0.1, 0.15) is 37.8 Å². The van der Waals surface area contributed by atoms with E-state index >= 15 is 0 Å². The second-order valence-electron chi connectivity index (χ2n) is 10.9. The molecule has 0 saturated carbocycles. The van der Waals surface area contributed by atoms with E-state index in [4.69, 9.17) is 4.74 Å². The topological polar surface area (TPSA) is 143 Å². The van der Waals surface area contributed by atoms with Gasteiger partial charge in [-0.1, -0.05) is 29.8 Å². The van der Waals surface area contributed by atoms with Crippen molar-refractivity contribution in [2.75, 3.05) is 24.2 Å². The zero-order valence-electron chi connectivity index (χ0n) is 22.9. The average molecular weight is 589 g/mol. The molecule has 2 atom stereocenters. The molecule has 0 aromatic heterocycles. The number of carbonyl (C=O) groups is 3. The van der Waals surface area contributed by atoms with E-state index in [1.54, 1.807) is 36.4 Å². The lowest BCUT2D eigenvalue weighted by Crippen LogP contribution is -2.47. The minimum Gasteiger partial charge on any atom is -0.390 e. The highest BCUT2D eigenvalue weighted by Crippen LogP contribution is 2.27. The molecule has 0 aliphatic carbocycles. The molecule has 0 radical (unpaired) electrons. The number of benzene rings is 2. The highest BCUT2D eigenvalue weighted by molar-refractivity contribution is 8.00. The number of amides is 1. The van der Waals surface area contributed by atoms with Crippen LogP contribution < -0.4 is 20.7 Å². The maximum absolute atomic E-state index is 13.2. The van der Waals surface area contributed by atoms with Gasteiger partial charge in [-0.25, -0.2) is 18.0 Å². The normalized spacial score (nSPS) is 20.0. The first-order valence-electron chi connectivity index (χ1n) is 13.3. The molecule has 0 spiro atoms. The van der Waals surface area contributed by atoms with E-state index in [0.717, 1.165) is 31.5 Å². The Bertz CT molecular complexity index is 1320. The van der Waals surface area contributed by atoms with Gasteiger partial charge in [-0.2, -0.15) is 4.72 Å². The Balaban J connectivity index is 1.47. The Labute approximate surface area is 239 Å². The van der Waals surface area contributed by atoms with Crippen LogP contribution in [0.25, 0.3) is 0 Å². The number of hydrogen-bond acceptors (Lipinski definition) is 9. The molecule has 2 saturated heterocycles. The van der Waals surface area contributed by atoms with Crippen molar-refractivity contribution < 1.29 is 27.5 Å². The van der Waals surface area contributed by atoms with Crippen molar-refractivity contribution in [3.63, 3.8) is 0 Å². The molecule has 10 nitrogen and oxygen atoms in total. The number of ether oxygens (including phenoxy) is 1. The first-order chi connectivity index (χ1) is 18.9. The van der Waals surface area contributed by atoms with Crippen molar-refractivity contribution in [2.24, 2.45) is 5.92 Å². The summed E-state index contributed by atoms with van der Waals surface area (Å²) in [6.07, 6.45) is 1.50. The minimum absolute atomic E-state index is 0.00651. The molecule has 2 aromatic rings. The number of thioether (sulfide) groups is 1. The van der Waals surface area contributed by atoms with Gasteiger partial charge in [-0.05, 0) is 83.0 Å². The third-order valence-electron chi connectivity index (χ3n) is 6.83. The minimum atomic E-state index is -4.10. The fourth-order valence-corrected chi connectivity index (χ4v) is 6.95. The van der Waals surface area contributed by atoms with Crippen molar-refractivity contribution in [3.05, 3.63) is 59.7 Å². The third kappa shape index (κ3) is 8.14. The lowest BCUT2D eigenvalue weighted by molar-refractivity contribution is -0.161. The summed E-state index contributed by atoms with van der Waals surface area (Å²) in [5.74, 6) is -1.19. The lowest BCUT2D eigenvalue weighted by atomic mass is 9.97. The molecule has 12 heteroatoms. The summed E-state index contributed by atoms with van der Waals surface area (Å²) in [5.41, 5.74) is 1.82. The summed E-state index contributed by atoms with van der Waals surface area (Å²) in [4.78, 5) is 38.4. The second kappa shape index (κ2) is 12.8. The average Bonchev–Trinajstić information content (AvgIpc) is 3.29. The van der Waals surface area contributed by atoms with Crippen molar-refractivity contribution in [1.82, 2.24) is 15.4 Å². The van der Waals surface area contributed by atoms with E-state index in [-0.39, 0.29) is 28.7 Å². The Morgan fingerprint density at radius 1 is 1.05 bits per heavy atom. The van der Waals surface area contributed by atoms with E-state index in [9.17, 15) is 22.8 Å². The van der Waals surface area contributed by atoms with Gasteiger partial charge < -0.3 is 15.4 Å². The quantitative estimate of drug-likeness (QED) is 0.256. The fourth-order valence-electron chi connectivity index (χ4n) is 4.51. The van der Waals surface area contributed by atoms with Crippen LogP contribution in [-0.4, -0.2) is 62.1 Å². The molecule has 2 aliphatic heterocycles. The highest BCUT2D eigenvalue weighted by Gasteiger charge is 2.38. The molecule has 4 N–H and O–H groups in total. The maximum atomic E-state index is 13.2. The number of hydrogen-bond donors (Lipinski definition) is 4. The maximum Gasteiger partial charge on any atom is 0.341 e. The van der Waals surface area contributed by atoms with E-state index in [0.29, 0.717) is 17.0 Å². The Kier molecular flexibility index (Phi) is 9.68. The second-order valence-corrected chi connectivity index (χ2v) is 13.7. The van der Waals surface area contributed by atoms with Crippen LogP contribution in [0.5, 0.6) is 0 Å². The van der Waals surface area contributed by atoms with Crippen LogP contribution in [-0.2, 0) is 35.6 Å². The zero-order chi connectivity index (χ0) is 28.9. The SMILES string of the molecule is Cc1ccc(S(=O)(=O)N[C@@H](Cc2ccc(NC(=O)C3CCNCC3)cc2)C(=O)OC(=O)[C@H]2NC(C)(C)CS2)cc1. The monoisotopic (exact) mass is 588 g/mol. The molecule has 2 fully saturated rings. The number of carbonyl (C=O) groups excluding carboxylic acids is 3. The Hall–Kier alpha value is -2.77. The van der Waals surface area contributed by atoms with E-state index in [2.05, 4.69) is 20.7 Å². The van der Waals surface area contributed by atoms with Gasteiger partial charge in [0.15, 0.2) is 5.37 Å². The molecule has 0 bridgehead atoms. The van der Waals surface area contributed by atoms with Crippen LogP contribution in [0, 0.1) is 12.8 Å². The number of anilines is 1. The van der Waals surface area contributed by atoms with Gasteiger partial charge in [0.05, 0.1) is 4.90 Å². The van der Waals surface area contributed by atoms with Crippen LogP contribution in [0.15, 0.2) is 53.4 Å². The number of sulfonamides is 1. The molecule has 2 heterocycles. The van der Waals surface area contributed by atoms with Crippen LogP contribution >= 0.6 is 11.8 Å². The predicted molar refractivity (Wildman–Crippen MR) is 154 cm³/mol. The van der Waals surface area contributed by atoms with Gasteiger partial charge in [-0.15, -0.1) is 11.8 Å². The van der Waals surface area contributed by atoms with Gasteiger partial charge in [0.2, 0.25) is 15.9 Å². The van der Waals surface area contributed by atoms with Crippen molar-refractivity contribution in [2.45, 2.75) is 61.9 Å². The first-order valence-corrected chi connectivity index (χ1v) is 15.8. The fraction of sp³-hybridized carbons (Fsp3) is 0.464. The molecule has 1 amide bonds. The molecule has 2 aliphatic rings. The highest BCUT2D eigenvalue weighted by atomic mass is 32.2. The molecular weight excluding hydrogens is 552 g/mol. The van der Waals surface area contributed by atoms with Gasteiger partial charge >= 0.3 is 11.9 Å². The summed E-state index contributed by atoms with van der Waals surface area (Å²) in [5, 5.41) is 8.54. The summed E-state index contributed by atoms with van der Waals surface area (Å²) < 4.78 is 33.8. The van der Waals surface area contributed by atoms with Crippen LogP contribution in [0.2, 0.25) is 0 Å². The first kappa shape index (κ1) is 30.2. The van der Waals surface area contributed by atoms with Crippen molar-refractivity contribution >= 4 is 45.3 Å². The number of aryl methyl sites for hydroxylation is 1. The summed E-state index contributed by atoms with van der Waals surface area (Å²) in [6, 6.07) is 11.7. The summed E-state index contributed by atoms with van der Waals surface area (Å²) in [7, 11) is -4.10. The van der Waals surface area contributed by atoms with Gasteiger partial charge in [0.25, 0.3) is 0 Å². The number of nitrogens with one attached hydrogen (secondary N) is 4. The molecule has 0 unspecified atom stereocenters. The number of piperidine rings is 1. The summed E-state index contributed by atoms with van der Waals surface area (Å²) in [6.45, 7) is 7.33. The molecule has 2 aromatic carbocycles. The Morgan fingerprint density at radius 3 is 2.30 bits per heavy atom. The largest absolute Gasteiger partial charge is 0.390 e. The Morgan fingerprint density at radius 2 is 1.70 bits per heavy atom. The van der Waals surface area contributed by atoms with Crippen LogP contribution in [0.3, 0.4) is 0 Å². The van der Waals surface area contributed by atoms with Gasteiger partial charge in [0, 0.05) is 22.9 Å². The predicted octanol–water partition coefficient (Wildman–Crippen LogP) is 2.33. The van der Waals surface area contributed by atoms with Gasteiger partial charge in [-0.3, -0.25) is 10.1 Å². The van der Waals surface area contributed by atoms with Gasteiger partial charge in [0.1, 0.15) is 6.04 Å². The standard InChI is InChI=1S/C28H36N4O6S2/c1-18-4-10-22(11-5-18)40(36,37)32-23(26(34)38-27(35)25-31-28(2,3)17-39-25)16-19-6-8-21(9-7-19)30-24(33)20-12-14-29-15-13-20/h4-11,20,23,25,29,31-32H,12-17H2,1-3H3,(H,30,33)/t23-,25-/m0/s1. The lowest BCUT2D eigenvalue weighted by Gasteiger charge is -2.22. The van der Waals surface area contributed by atoms with E-state index in [1.807, 2.05) is 20.8 Å². The number of rotatable bonds is 9. The molecule has 40 heavy (non-hydrogen) atoms. The number of esters is 2. The smallest absolute Gasteiger partial charge is 0.341 e. The van der Waals surface area contributed by atoms with Crippen molar-refractivity contribution in [1.29, 1.82) is 0 Å². The zero-order valence-corrected chi connectivity index (χ0v) is 24.5. The summed E-state index contributed by atoms with van der Waals surface area (Å²) >= 11 is 1.33.